The SMILES string of the molecule is CCCCn1nc(C)cc1C=O. The Balaban J connectivity index is 2.74. The summed E-state index contributed by atoms with van der Waals surface area (Å²) in [7, 11) is 0. The van der Waals surface area contributed by atoms with Gasteiger partial charge in [0, 0.05) is 6.54 Å². The lowest BCUT2D eigenvalue weighted by molar-refractivity contribution is 0.111. The molecule has 3 heteroatoms. The first-order chi connectivity index (χ1) is 5.77. The molecule has 1 heterocycles. The summed E-state index contributed by atoms with van der Waals surface area (Å²) in [5, 5.41) is 4.20. The van der Waals surface area contributed by atoms with E-state index in [1.165, 1.54) is 0 Å². The second-order valence-corrected chi connectivity index (χ2v) is 2.91. The Morgan fingerprint density at radius 1 is 1.67 bits per heavy atom. The largest absolute Gasteiger partial charge is 0.296 e. The molecule has 0 unspecified atom stereocenters. The van der Waals surface area contributed by atoms with Gasteiger partial charge in [-0.05, 0) is 19.4 Å². The van der Waals surface area contributed by atoms with Crippen LogP contribution in [0.25, 0.3) is 0 Å². The monoisotopic (exact) mass is 166 g/mol. The zero-order valence-electron chi connectivity index (χ0n) is 7.58. The van der Waals surface area contributed by atoms with Crippen LogP contribution in [-0.4, -0.2) is 16.1 Å². The van der Waals surface area contributed by atoms with E-state index in [0.717, 1.165) is 31.4 Å². The van der Waals surface area contributed by atoms with Crippen molar-refractivity contribution in [2.75, 3.05) is 0 Å². The Morgan fingerprint density at radius 2 is 2.42 bits per heavy atom. The summed E-state index contributed by atoms with van der Waals surface area (Å²) in [6.45, 7) is 4.87. The quantitative estimate of drug-likeness (QED) is 0.639. The van der Waals surface area contributed by atoms with Gasteiger partial charge in [0.25, 0.3) is 0 Å². The van der Waals surface area contributed by atoms with Crippen LogP contribution in [0.15, 0.2) is 6.07 Å². The van der Waals surface area contributed by atoms with Gasteiger partial charge < -0.3 is 0 Å². The van der Waals surface area contributed by atoms with Gasteiger partial charge in [-0.25, -0.2) is 0 Å². The highest BCUT2D eigenvalue weighted by atomic mass is 16.1. The van der Waals surface area contributed by atoms with Gasteiger partial charge in [0.2, 0.25) is 0 Å². The molecule has 1 rings (SSSR count). The molecule has 1 aromatic heterocycles. The summed E-state index contributed by atoms with van der Waals surface area (Å²) in [4.78, 5) is 10.5. The van der Waals surface area contributed by atoms with Crippen molar-refractivity contribution < 1.29 is 4.79 Å². The number of hydrogen-bond donors (Lipinski definition) is 0. The lowest BCUT2D eigenvalue weighted by Crippen LogP contribution is -2.03. The molecule has 1 aromatic rings. The van der Waals surface area contributed by atoms with E-state index in [-0.39, 0.29) is 0 Å². The minimum atomic E-state index is 0.681. The van der Waals surface area contributed by atoms with Gasteiger partial charge >= 0.3 is 0 Å². The fourth-order valence-electron chi connectivity index (χ4n) is 1.15. The van der Waals surface area contributed by atoms with Crippen molar-refractivity contribution in [2.45, 2.75) is 33.2 Å². The van der Waals surface area contributed by atoms with E-state index in [0.29, 0.717) is 5.69 Å². The molecule has 3 nitrogen and oxygen atoms in total. The molecule has 0 spiro atoms. The first kappa shape index (κ1) is 8.97. The van der Waals surface area contributed by atoms with Crippen LogP contribution in [0.4, 0.5) is 0 Å². The maximum absolute atomic E-state index is 10.5. The smallest absolute Gasteiger partial charge is 0.168 e. The Morgan fingerprint density at radius 3 is 3.00 bits per heavy atom. The average Bonchev–Trinajstić information content (AvgIpc) is 2.42. The summed E-state index contributed by atoms with van der Waals surface area (Å²) in [5.41, 5.74) is 1.59. The zero-order chi connectivity index (χ0) is 8.97. The number of aryl methyl sites for hydroxylation is 2. The molecule has 0 saturated carbocycles. The number of aldehydes is 1. The lowest BCUT2D eigenvalue weighted by Gasteiger charge is -2.00. The Hall–Kier alpha value is -1.12. The first-order valence-electron chi connectivity index (χ1n) is 4.27. The second-order valence-electron chi connectivity index (χ2n) is 2.91. The van der Waals surface area contributed by atoms with Crippen molar-refractivity contribution in [2.24, 2.45) is 0 Å². The number of carbonyl (C=O) groups excluding carboxylic acids is 1. The van der Waals surface area contributed by atoms with Crippen LogP contribution in [0, 0.1) is 6.92 Å². The van der Waals surface area contributed by atoms with Gasteiger partial charge in [0.05, 0.1) is 5.69 Å². The van der Waals surface area contributed by atoms with Crippen LogP contribution in [0.1, 0.15) is 35.9 Å². The molecule has 0 radical (unpaired) electrons. The molecule has 12 heavy (non-hydrogen) atoms. The highest BCUT2D eigenvalue weighted by Crippen LogP contribution is 2.02. The molecule has 0 amide bonds. The number of carbonyl (C=O) groups is 1. The highest BCUT2D eigenvalue weighted by Gasteiger charge is 2.02. The summed E-state index contributed by atoms with van der Waals surface area (Å²) in [6, 6.07) is 1.81. The van der Waals surface area contributed by atoms with Crippen LogP contribution < -0.4 is 0 Å². The molecule has 0 atom stereocenters. The van der Waals surface area contributed by atoms with Crippen molar-refractivity contribution in [1.82, 2.24) is 9.78 Å². The topological polar surface area (TPSA) is 34.9 Å². The number of hydrogen-bond acceptors (Lipinski definition) is 2. The predicted octanol–water partition coefficient (Wildman–Crippen LogP) is 1.80. The third-order valence-corrected chi connectivity index (χ3v) is 1.78. The summed E-state index contributed by atoms with van der Waals surface area (Å²) in [5.74, 6) is 0. The summed E-state index contributed by atoms with van der Waals surface area (Å²) < 4.78 is 1.77. The Bertz CT molecular complexity index is 265. The van der Waals surface area contributed by atoms with Gasteiger partial charge in [-0.15, -0.1) is 0 Å². The maximum Gasteiger partial charge on any atom is 0.168 e. The summed E-state index contributed by atoms with van der Waals surface area (Å²) >= 11 is 0. The molecule has 0 aromatic carbocycles. The average molecular weight is 166 g/mol. The van der Waals surface area contributed by atoms with Gasteiger partial charge in [0.1, 0.15) is 5.69 Å². The minimum Gasteiger partial charge on any atom is -0.296 e. The second kappa shape index (κ2) is 4.04. The molecule has 0 N–H and O–H groups in total. The standard InChI is InChI=1S/C9H14N2O/c1-3-4-5-11-9(7-12)6-8(2)10-11/h6-7H,3-5H2,1-2H3. The van der Waals surface area contributed by atoms with Crippen molar-refractivity contribution in [1.29, 1.82) is 0 Å². The van der Waals surface area contributed by atoms with Crippen molar-refractivity contribution in [3.63, 3.8) is 0 Å². The number of nitrogens with zero attached hydrogens (tertiary/aromatic N) is 2. The van der Waals surface area contributed by atoms with E-state index in [1.807, 2.05) is 13.0 Å². The first-order valence-corrected chi connectivity index (χ1v) is 4.27. The molecule has 66 valence electrons. The zero-order valence-corrected chi connectivity index (χ0v) is 7.58. The number of rotatable bonds is 4. The molecule has 0 aliphatic carbocycles. The van der Waals surface area contributed by atoms with E-state index in [9.17, 15) is 4.79 Å². The minimum absolute atomic E-state index is 0.681. The van der Waals surface area contributed by atoms with Gasteiger partial charge in [0.15, 0.2) is 6.29 Å². The maximum atomic E-state index is 10.5. The van der Waals surface area contributed by atoms with Crippen LogP contribution in [0.2, 0.25) is 0 Å². The van der Waals surface area contributed by atoms with Crippen molar-refractivity contribution in [3.05, 3.63) is 17.5 Å². The molecular formula is C9H14N2O. The fraction of sp³-hybridized carbons (Fsp3) is 0.556. The molecule has 0 aliphatic rings. The third kappa shape index (κ3) is 1.94. The lowest BCUT2D eigenvalue weighted by atomic mass is 10.3. The molecule has 0 saturated heterocycles. The third-order valence-electron chi connectivity index (χ3n) is 1.78. The molecule has 0 fully saturated rings. The van der Waals surface area contributed by atoms with Gasteiger partial charge in [-0.2, -0.15) is 5.10 Å². The van der Waals surface area contributed by atoms with Crippen molar-refractivity contribution in [3.8, 4) is 0 Å². The summed E-state index contributed by atoms with van der Waals surface area (Å²) in [6.07, 6.45) is 3.05. The molecular weight excluding hydrogens is 152 g/mol. The molecule has 0 aliphatic heterocycles. The molecule has 0 bridgehead atoms. The van der Waals surface area contributed by atoms with E-state index in [1.54, 1.807) is 4.68 Å². The van der Waals surface area contributed by atoms with E-state index in [4.69, 9.17) is 0 Å². The normalized spacial score (nSPS) is 10.2. The van der Waals surface area contributed by atoms with Crippen LogP contribution in [0.5, 0.6) is 0 Å². The van der Waals surface area contributed by atoms with Crippen LogP contribution >= 0.6 is 0 Å². The number of unbranched alkanes of at least 4 members (excludes halogenated alkanes) is 1. The fourth-order valence-corrected chi connectivity index (χ4v) is 1.15. The van der Waals surface area contributed by atoms with Gasteiger partial charge in [-0.1, -0.05) is 13.3 Å². The van der Waals surface area contributed by atoms with Crippen LogP contribution in [0.3, 0.4) is 0 Å². The van der Waals surface area contributed by atoms with E-state index >= 15 is 0 Å². The number of aromatic nitrogens is 2. The Labute approximate surface area is 72.4 Å². The van der Waals surface area contributed by atoms with Gasteiger partial charge in [-0.3, -0.25) is 9.48 Å². The van der Waals surface area contributed by atoms with E-state index < -0.39 is 0 Å². The van der Waals surface area contributed by atoms with E-state index in [2.05, 4.69) is 12.0 Å². The Kier molecular flexibility index (Phi) is 3.02. The predicted molar refractivity (Wildman–Crippen MR) is 47.3 cm³/mol. The van der Waals surface area contributed by atoms with Crippen LogP contribution in [-0.2, 0) is 6.54 Å². The van der Waals surface area contributed by atoms with Crippen molar-refractivity contribution >= 4 is 6.29 Å². The highest BCUT2D eigenvalue weighted by molar-refractivity contribution is 5.72.